The molecule has 1 aromatic carbocycles. The van der Waals surface area contributed by atoms with Crippen LogP contribution < -0.4 is 10.5 Å². The van der Waals surface area contributed by atoms with Gasteiger partial charge in [-0.3, -0.25) is 0 Å². The number of anilines is 1. The number of hydrogen-bond acceptors (Lipinski definition) is 6. The molecule has 0 aliphatic rings. The van der Waals surface area contributed by atoms with Gasteiger partial charge in [0.1, 0.15) is 4.90 Å². The second-order valence-corrected chi connectivity index (χ2v) is 5.69. The highest BCUT2D eigenvalue weighted by atomic mass is 32.2. The quantitative estimate of drug-likeness (QED) is 0.451. The molecule has 0 aliphatic heterocycles. The van der Waals surface area contributed by atoms with Crippen molar-refractivity contribution in [3.8, 4) is 6.07 Å². The molecular weight excluding hydrogens is 282 g/mol. The van der Waals surface area contributed by atoms with E-state index in [0.29, 0.717) is 18.6 Å². The summed E-state index contributed by atoms with van der Waals surface area (Å²) in [4.78, 5) is -0.0484. The molecule has 0 aromatic heterocycles. The van der Waals surface area contributed by atoms with Crippen molar-refractivity contribution >= 4 is 15.7 Å². The maximum absolute atomic E-state index is 12.0. The van der Waals surface area contributed by atoms with Crippen LogP contribution >= 0.6 is 0 Å². The highest BCUT2D eigenvalue weighted by Crippen LogP contribution is 2.19. The Kier molecular flexibility index (Phi) is 6.41. The van der Waals surface area contributed by atoms with Crippen LogP contribution in [0.15, 0.2) is 23.1 Å². The molecule has 0 saturated heterocycles. The minimum Gasteiger partial charge on any atom is -0.398 e. The number of aliphatic hydroxyl groups excluding tert-OH is 1. The highest BCUT2D eigenvalue weighted by molar-refractivity contribution is 7.89. The fourth-order valence-electron chi connectivity index (χ4n) is 1.49. The van der Waals surface area contributed by atoms with Gasteiger partial charge in [-0.05, 0) is 24.6 Å². The number of aliphatic hydroxyl groups is 1. The number of nitrogens with one attached hydrogen (secondary N) is 1. The lowest BCUT2D eigenvalue weighted by Gasteiger charge is -2.09. The first kappa shape index (κ1) is 16.4. The largest absolute Gasteiger partial charge is 0.398 e. The van der Waals surface area contributed by atoms with Crippen LogP contribution in [0.2, 0.25) is 0 Å². The Morgan fingerprint density at radius 2 is 2.15 bits per heavy atom. The molecule has 1 aromatic rings. The fraction of sp³-hybridized carbons (Fsp3) is 0.417. The van der Waals surface area contributed by atoms with Crippen LogP contribution in [-0.4, -0.2) is 39.9 Å². The predicted octanol–water partition coefficient (Wildman–Crippen LogP) is -0.182. The summed E-state index contributed by atoms with van der Waals surface area (Å²) in [7, 11) is -3.70. The highest BCUT2D eigenvalue weighted by Gasteiger charge is 2.16. The average Bonchev–Trinajstić information content (AvgIpc) is 2.42. The van der Waals surface area contributed by atoms with E-state index >= 15 is 0 Å². The third-order valence-corrected chi connectivity index (χ3v) is 3.96. The van der Waals surface area contributed by atoms with Crippen molar-refractivity contribution in [3.63, 3.8) is 0 Å². The Labute approximate surface area is 118 Å². The summed E-state index contributed by atoms with van der Waals surface area (Å²) >= 11 is 0. The van der Waals surface area contributed by atoms with Crippen LogP contribution in [-0.2, 0) is 14.8 Å². The number of sulfonamides is 1. The molecule has 0 spiro atoms. The number of ether oxygens (including phenoxy) is 1. The molecule has 1 rings (SSSR count). The molecule has 0 saturated carbocycles. The second-order valence-electron chi connectivity index (χ2n) is 3.95. The third kappa shape index (κ3) is 4.79. The minimum absolute atomic E-state index is 0.0353. The molecule has 4 N–H and O–H groups in total. The van der Waals surface area contributed by atoms with Gasteiger partial charge in [0.05, 0.1) is 30.5 Å². The van der Waals surface area contributed by atoms with Gasteiger partial charge in [-0.1, -0.05) is 0 Å². The summed E-state index contributed by atoms with van der Waals surface area (Å²) in [5.74, 6) is 0. The maximum Gasteiger partial charge on any atom is 0.242 e. The number of rotatable bonds is 8. The smallest absolute Gasteiger partial charge is 0.242 e. The van der Waals surface area contributed by atoms with Gasteiger partial charge in [0.2, 0.25) is 10.0 Å². The maximum atomic E-state index is 12.0. The molecule has 20 heavy (non-hydrogen) atoms. The van der Waals surface area contributed by atoms with E-state index < -0.39 is 10.0 Å². The van der Waals surface area contributed by atoms with Gasteiger partial charge in [-0.15, -0.1) is 0 Å². The molecule has 0 amide bonds. The van der Waals surface area contributed by atoms with Crippen LogP contribution in [0.5, 0.6) is 0 Å². The zero-order valence-corrected chi connectivity index (χ0v) is 11.7. The van der Waals surface area contributed by atoms with Gasteiger partial charge in [0.25, 0.3) is 0 Å². The van der Waals surface area contributed by atoms with Crippen molar-refractivity contribution in [3.05, 3.63) is 23.8 Å². The molecular formula is C12H17N3O4S. The number of hydrogen-bond donors (Lipinski definition) is 3. The fourth-order valence-corrected chi connectivity index (χ4v) is 2.67. The summed E-state index contributed by atoms with van der Waals surface area (Å²) in [5.41, 5.74) is 5.97. The molecule has 110 valence electrons. The van der Waals surface area contributed by atoms with Gasteiger partial charge in [-0.2, -0.15) is 5.26 Å². The van der Waals surface area contributed by atoms with Crippen molar-refractivity contribution in [2.24, 2.45) is 0 Å². The van der Waals surface area contributed by atoms with Crippen molar-refractivity contribution < 1.29 is 18.3 Å². The minimum atomic E-state index is -3.70. The Balaban J connectivity index is 2.59. The van der Waals surface area contributed by atoms with E-state index in [9.17, 15) is 8.42 Å². The number of nitriles is 1. The monoisotopic (exact) mass is 299 g/mol. The molecule has 0 bridgehead atoms. The summed E-state index contributed by atoms with van der Waals surface area (Å²) < 4.78 is 31.4. The predicted molar refractivity (Wildman–Crippen MR) is 73.3 cm³/mol. The number of nitrogens with zero attached hydrogens (tertiary/aromatic N) is 1. The van der Waals surface area contributed by atoms with Gasteiger partial charge < -0.3 is 15.6 Å². The summed E-state index contributed by atoms with van der Waals surface area (Å²) in [6.07, 6.45) is 0.482. The Hall–Kier alpha value is -1.66. The van der Waals surface area contributed by atoms with E-state index in [4.69, 9.17) is 20.8 Å². The first-order chi connectivity index (χ1) is 9.51. The summed E-state index contributed by atoms with van der Waals surface area (Å²) in [6.45, 7) is 0.724. The van der Waals surface area contributed by atoms with E-state index in [-0.39, 0.29) is 30.3 Å². The van der Waals surface area contributed by atoms with Crippen molar-refractivity contribution in [1.82, 2.24) is 4.72 Å². The van der Waals surface area contributed by atoms with Crippen molar-refractivity contribution in [2.45, 2.75) is 11.3 Å². The molecule has 0 fully saturated rings. The molecule has 0 radical (unpaired) electrons. The van der Waals surface area contributed by atoms with E-state index in [2.05, 4.69) is 4.72 Å². The number of benzene rings is 1. The first-order valence-electron chi connectivity index (χ1n) is 5.99. The lowest BCUT2D eigenvalue weighted by atomic mass is 10.2. The van der Waals surface area contributed by atoms with E-state index in [0.717, 1.165) is 0 Å². The topological polar surface area (TPSA) is 125 Å². The third-order valence-electron chi connectivity index (χ3n) is 2.42. The number of nitrogen functional groups attached to an aromatic ring is 1. The van der Waals surface area contributed by atoms with Gasteiger partial charge >= 0.3 is 0 Å². The first-order valence-corrected chi connectivity index (χ1v) is 7.47. The van der Waals surface area contributed by atoms with Gasteiger partial charge in [0, 0.05) is 13.2 Å². The zero-order valence-electron chi connectivity index (χ0n) is 10.9. The SMILES string of the molecule is N#Cc1ccc(S(=O)(=O)NCCCOCCO)c(N)c1. The second kappa shape index (κ2) is 7.81. The molecule has 8 heteroatoms. The average molecular weight is 299 g/mol. The summed E-state index contributed by atoms with van der Waals surface area (Å²) in [5, 5.41) is 17.2. The molecule has 0 heterocycles. The van der Waals surface area contributed by atoms with Gasteiger partial charge in [-0.25, -0.2) is 13.1 Å². The van der Waals surface area contributed by atoms with Crippen LogP contribution in [0.1, 0.15) is 12.0 Å². The Bertz CT molecular complexity index is 581. The number of nitrogens with two attached hydrogens (primary N) is 1. The van der Waals surface area contributed by atoms with Crippen molar-refractivity contribution in [2.75, 3.05) is 32.1 Å². The van der Waals surface area contributed by atoms with E-state index in [1.54, 1.807) is 0 Å². The standard InChI is InChI=1S/C12H17N3O4S/c13-9-10-2-3-12(11(14)8-10)20(17,18)15-4-1-6-19-7-5-16/h2-3,8,15-16H,1,4-7,14H2. The van der Waals surface area contributed by atoms with Gasteiger partial charge in [0.15, 0.2) is 0 Å². The molecule has 0 atom stereocenters. The van der Waals surface area contributed by atoms with Crippen LogP contribution in [0, 0.1) is 11.3 Å². The van der Waals surface area contributed by atoms with E-state index in [1.807, 2.05) is 6.07 Å². The zero-order chi connectivity index (χ0) is 15.0. The molecule has 0 aliphatic carbocycles. The van der Waals surface area contributed by atoms with Crippen molar-refractivity contribution in [1.29, 1.82) is 5.26 Å². The Morgan fingerprint density at radius 3 is 2.75 bits per heavy atom. The molecule has 0 unspecified atom stereocenters. The Morgan fingerprint density at radius 1 is 1.40 bits per heavy atom. The van der Waals surface area contributed by atoms with Crippen LogP contribution in [0.4, 0.5) is 5.69 Å². The lowest BCUT2D eigenvalue weighted by molar-refractivity contribution is 0.0913. The van der Waals surface area contributed by atoms with Crippen LogP contribution in [0.3, 0.4) is 0 Å². The molecule has 7 nitrogen and oxygen atoms in total. The van der Waals surface area contributed by atoms with E-state index in [1.165, 1.54) is 18.2 Å². The normalized spacial score (nSPS) is 11.2. The van der Waals surface area contributed by atoms with Crippen LogP contribution in [0.25, 0.3) is 0 Å². The summed E-state index contributed by atoms with van der Waals surface area (Å²) in [6, 6.07) is 5.91. The lowest BCUT2D eigenvalue weighted by Crippen LogP contribution is -2.26.